The standard InChI is InChI=1S/C18H27N3O3/c1-2-24-16-15(7-5-9-19-16)17(22)21-12-6-8-18(23,14-21)13-20-10-3-4-11-20/h5,7,9,23H,2-4,6,8,10-14H2,1H3/t18-/m1/s1. The van der Waals surface area contributed by atoms with Crippen LogP contribution < -0.4 is 4.74 Å². The van der Waals surface area contributed by atoms with Crippen LogP contribution in [0, 0.1) is 0 Å². The van der Waals surface area contributed by atoms with Crippen molar-refractivity contribution in [3.05, 3.63) is 23.9 Å². The second-order valence-electron chi connectivity index (χ2n) is 6.83. The lowest BCUT2D eigenvalue weighted by atomic mass is 9.91. The van der Waals surface area contributed by atoms with E-state index in [9.17, 15) is 9.90 Å². The molecule has 2 aliphatic rings. The van der Waals surface area contributed by atoms with Gasteiger partial charge in [-0.05, 0) is 57.8 Å². The fourth-order valence-corrected chi connectivity index (χ4v) is 3.75. The van der Waals surface area contributed by atoms with E-state index >= 15 is 0 Å². The van der Waals surface area contributed by atoms with Gasteiger partial charge in [-0.25, -0.2) is 4.98 Å². The Morgan fingerprint density at radius 1 is 1.33 bits per heavy atom. The molecule has 0 aromatic carbocycles. The van der Waals surface area contributed by atoms with Crippen molar-refractivity contribution < 1.29 is 14.6 Å². The van der Waals surface area contributed by atoms with Crippen molar-refractivity contribution in [1.82, 2.24) is 14.8 Å². The number of β-amino-alcohol motifs (C(OH)–C–C–N with tert-alkyl or cyclic N) is 1. The molecule has 0 saturated carbocycles. The third-order valence-electron chi connectivity index (χ3n) is 4.84. The number of carbonyl (C=O) groups excluding carboxylic acids is 1. The van der Waals surface area contributed by atoms with Gasteiger partial charge in [-0.15, -0.1) is 0 Å². The summed E-state index contributed by atoms with van der Waals surface area (Å²) in [6, 6.07) is 3.49. The molecule has 0 aliphatic carbocycles. The first-order chi connectivity index (χ1) is 11.6. The van der Waals surface area contributed by atoms with E-state index in [0.29, 0.717) is 37.7 Å². The number of hydrogen-bond donors (Lipinski definition) is 1. The van der Waals surface area contributed by atoms with Crippen molar-refractivity contribution in [3.63, 3.8) is 0 Å². The molecular weight excluding hydrogens is 306 g/mol. The molecule has 1 N–H and O–H groups in total. The van der Waals surface area contributed by atoms with E-state index in [0.717, 1.165) is 25.9 Å². The predicted molar refractivity (Wildman–Crippen MR) is 91.2 cm³/mol. The fourth-order valence-electron chi connectivity index (χ4n) is 3.75. The average Bonchev–Trinajstić information content (AvgIpc) is 3.07. The van der Waals surface area contributed by atoms with Crippen LogP contribution in [0.2, 0.25) is 0 Å². The molecule has 0 spiro atoms. The molecular formula is C18H27N3O3. The summed E-state index contributed by atoms with van der Waals surface area (Å²) in [6.45, 7) is 6.14. The Bertz CT molecular complexity index is 574. The number of nitrogens with zero attached hydrogens (tertiary/aromatic N) is 3. The smallest absolute Gasteiger partial charge is 0.259 e. The molecule has 2 aliphatic heterocycles. The zero-order chi connectivity index (χ0) is 17.0. The number of aromatic nitrogens is 1. The molecule has 6 heteroatoms. The van der Waals surface area contributed by atoms with Crippen LogP contribution in [0.1, 0.15) is 43.0 Å². The highest BCUT2D eigenvalue weighted by Crippen LogP contribution is 2.26. The molecule has 1 aromatic heterocycles. The van der Waals surface area contributed by atoms with Crippen molar-refractivity contribution in [2.75, 3.05) is 39.3 Å². The van der Waals surface area contributed by atoms with E-state index in [1.165, 1.54) is 12.8 Å². The maximum atomic E-state index is 12.9. The monoisotopic (exact) mass is 333 g/mol. The van der Waals surface area contributed by atoms with Crippen molar-refractivity contribution in [3.8, 4) is 5.88 Å². The summed E-state index contributed by atoms with van der Waals surface area (Å²) in [5, 5.41) is 11.0. The van der Waals surface area contributed by atoms with Gasteiger partial charge >= 0.3 is 0 Å². The Labute approximate surface area is 143 Å². The molecule has 2 saturated heterocycles. The van der Waals surface area contributed by atoms with Gasteiger partial charge in [0.2, 0.25) is 5.88 Å². The summed E-state index contributed by atoms with van der Waals surface area (Å²) in [7, 11) is 0. The summed E-state index contributed by atoms with van der Waals surface area (Å²) < 4.78 is 5.48. The average molecular weight is 333 g/mol. The van der Waals surface area contributed by atoms with Crippen molar-refractivity contribution >= 4 is 5.91 Å². The van der Waals surface area contributed by atoms with Gasteiger partial charge in [-0.1, -0.05) is 0 Å². The molecule has 0 unspecified atom stereocenters. The molecule has 0 bridgehead atoms. The quantitative estimate of drug-likeness (QED) is 0.885. The molecule has 3 rings (SSSR count). The minimum absolute atomic E-state index is 0.105. The van der Waals surface area contributed by atoms with Crippen LogP contribution in [-0.2, 0) is 0 Å². The van der Waals surface area contributed by atoms with Crippen molar-refractivity contribution in [1.29, 1.82) is 0 Å². The zero-order valence-corrected chi connectivity index (χ0v) is 14.4. The van der Waals surface area contributed by atoms with Gasteiger partial charge in [-0.2, -0.15) is 0 Å². The van der Waals surface area contributed by atoms with Crippen LogP contribution in [0.25, 0.3) is 0 Å². The van der Waals surface area contributed by atoms with E-state index in [1.807, 2.05) is 6.92 Å². The highest BCUT2D eigenvalue weighted by atomic mass is 16.5. The Morgan fingerprint density at radius 2 is 2.12 bits per heavy atom. The Hall–Kier alpha value is -1.66. The molecule has 2 fully saturated rings. The number of ether oxygens (including phenoxy) is 1. The van der Waals surface area contributed by atoms with E-state index in [4.69, 9.17) is 4.74 Å². The van der Waals surface area contributed by atoms with Crippen LogP contribution >= 0.6 is 0 Å². The summed E-state index contributed by atoms with van der Waals surface area (Å²) in [4.78, 5) is 21.1. The topological polar surface area (TPSA) is 65.9 Å². The molecule has 1 aromatic rings. The molecule has 6 nitrogen and oxygen atoms in total. The first-order valence-corrected chi connectivity index (χ1v) is 8.93. The SMILES string of the molecule is CCOc1ncccc1C(=O)N1CCC[C@@](O)(CN2CCCC2)C1. The Kier molecular flexibility index (Phi) is 5.36. The van der Waals surface area contributed by atoms with Gasteiger partial charge in [0.05, 0.1) is 18.8 Å². The number of rotatable bonds is 5. The lowest BCUT2D eigenvalue weighted by Gasteiger charge is -2.41. The predicted octanol–water partition coefficient (Wildman–Crippen LogP) is 1.54. The molecule has 1 amide bonds. The van der Waals surface area contributed by atoms with Gasteiger partial charge in [0.15, 0.2) is 0 Å². The number of likely N-dealkylation sites (tertiary alicyclic amines) is 2. The molecule has 24 heavy (non-hydrogen) atoms. The highest BCUT2D eigenvalue weighted by Gasteiger charge is 2.38. The van der Waals surface area contributed by atoms with Crippen LogP contribution in [0.15, 0.2) is 18.3 Å². The first-order valence-electron chi connectivity index (χ1n) is 8.93. The molecule has 132 valence electrons. The number of hydrogen-bond acceptors (Lipinski definition) is 5. The van der Waals surface area contributed by atoms with E-state index in [-0.39, 0.29) is 5.91 Å². The van der Waals surface area contributed by atoms with Gasteiger partial charge < -0.3 is 19.6 Å². The van der Waals surface area contributed by atoms with Crippen LogP contribution in [0.4, 0.5) is 0 Å². The zero-order valence-electron chi connectivity index (χ0n) is 14.4. The van der Waals surface area contributed by atoms with Gasteiger partial charge in [0, 0.05) is 19.3 Å². The number of aliphatic hydroxyl groups is 1. The van der Waals surface area contributed by atoms with Gasteiger partial charge in [0.1, 0.15) is 5.56 Å². The molecule has 3 heterocycles. The largest absolute Gasteiger partial charge is 0.477 e. The summed E-state index contributed by atoms with van der Waals surface area (Å²) >= 11 is 0. The summed E-state index contributed by atoms with van der Waals surface area (Å²) in [6.07, 6.45) is 5.60. The lowest BCUT2D eigenvalue weighted by Crippen LogP contribution is -2.55. The number of carbonyl (C=O) groups is 1. The lowest BCUT2D eigenvalue weighted by molar-refractivity contribution is -0.0431. The minimum Gasteiger partial charge on any atom is -0.477 e. The van der Waals surface area contributed by atoms with Crippen LogP contribution in [0.5, 0.6) is 5.88 Å². The third kappa shape index (κ3) is 3.87. The molecule has 0 radical (unpaired) electrons. The van der Waals surface area contributed by atoms with Gasteiger partial charge in [0.25, 0.3) is 5.91 Å². The minimum atomic E-state index is -0.813. The van der Waals surface area contributed by atoms with Crippen molar-refractivity contribution in [2.24, 2.45) is 0 Å². The second kappa shape index (κ2) is 7.49. The maximum Gasteiger partial charge on any atom is 0.259 e. The van der Waals surface area contributed by atoms with Gasteiger partial charge in [-0.3, -0.25) is 4.79 Å². The number of pyridine rings is 1. The normalized spacial score (nSPS) is 25.0. The summed E-state index contributed by atoms with van der Waals surface area (Å²) in [5.74, 6) is 0.268. The van der Waals surface area contributed by atoms with Crippen LogP contribution in [-0.4, -0.2) is 70.7 Å². The van der Waals surface area contributed by atoms with Crippen LogP contribution in [0.3, 0.4) is 0 Å². The first kappa shape index (κ1) is 17.2. The van der Waals surface area contributed by atoms with E-state index in [2.05, 4.69) is 9.88 Å². The molecule has 1 atom stereocenters. The van der Waals surface area contributed by atoms with Crippen molar-refractivity contribution in [2.45, 2.75) is 38.2 Å². The second-order valence-corrected chi connectivity index (χ2v) is 6.83. The summed E-state index contributed by atoms with van der Waals surface area (Å²) in [5.41, 5.74) is -0.337. The Balaban J connectivity index is 1.70. The fraction of sp³-hybridized carbons (Fsp3) is 0.667. The van der Waals surface area contributed by atoms with E-state index < -0.39 is 5.60 Å². The number of piperidine rings is 1. The maximum absolute atomic E-state index is 12.9. The Morgan fingerprint density at radius 3 is 2.88 bits per heavy atom. The number of amides is 1. The highest BCUT2D eigenvalue weighted by molar-refractivity contribution is 5.96. The third-order valence-corrected chi connectivity index (χ3v) is 4.84. The van der Waals surface area contributed by atoms with E-state index in [1.54, 1.807) is 23.2 Å².